The molecule has 1 spiro atoms. The number of fused-ring (bicyclic) bond motifs is 1. The van der Waals surface area contributed by atoms with E-state index in [4.69, 9.17) is 9.47 Å². The van der Waals surface area contributed by atoms with Gasteiger partial charge in [0.15, 0.2) is 0 Å². The molecule has 3 saturated heterocycles. The average Bonchev–Trinajstić information content (AvgIpc) is 3.61. The van der Waals surface area contributed by atoms with Gasteiger partial charge in [-0.15, -0.1) is 0 Å². The second-order valence-electron chi connectivity index (χ2n) is 11.7. The standard InChI is InChI=1S/C34H36BrN3O6/c1-4-43-23-15-13-22(14-16-23)36-31(40)26-27-33(42)38(25(18-39)21-11-6-5-7-12-21)30(34(27)17-24(35)29(26)44-34)32(41)37-28-19(2)9-8-10-20(28)3/h5-16,24-27,29-30,39H,4,17-18H2,1-3H3,(H,36,40)(H,37,41)/t24?,25-,26+,27+,29+,30?,34?/m1/s1. The molecule has 3 unspecified atom stereocenters. The molecule has 3 aromatic carbocycles. The minimum atomic E-state index is -1.28. The number of para-hydroxylation sites is 1. The van der Waals surface area contributed by atoms with Gasteiger partial charge in [0.1, 0.15) is 17.4 Å². The molecule has 0 aromatic heterocycles. The Morgan fingerprint density at radius 2 is 1.70 bits per heavy atom. The van der Waals surface area contributed by atoms with E-state index in [0.717, 1.165) is 11.1 Å². The third kappa shape index (κ3) is 4.98. The smallest absolute Gasteiger partial charge is 0.250 e. The highest BCUT2D eigenvalue weighted by Gasteiger charge is 2.77. The number of amides is 3. The molecule has 3 aliphatic rings. The number of hydrogen-bond acceptors (Lipinski definition) is 6. The second-order valence-corrected chi connectivity index (χ2v) is 12.9. The van der Waals surface area contributed by atoms with Gasteiger partial charge in [-0.25, -0.2) is 0 Å². The van der Waals surface area contributed by atoms with E-state index < -0.39 is 48.1 Å². The van der Waals surface area contributed by atoms with Crippen LogP contribution in [0.15, 0.2) is 72.8 Å². The van der Waals surface area contributed by atoms with Crippen LogP contribution in [-0.4, -0.2) is 63.5 Å². The van der Waals surface area contributed by atoms with Gasteiger partial charge in [-0.1, -0.05) is 64.5 Å². The summed E-state index contributed by atoms with van der Waals surface area (Å²) in [7, 11) is 0. The number of aliphatic hydroxyl groups excluding tert-OH is 1. The molecule has 7 atom stereocenters. The summed E-state index contributed by atoms with van der Waals surface area (Å²) >= 11 is 3.72. The summed E-state index contributed by atoms with van der Waals surface area (Å²) in [6.07, 6.45) is -0.261. The Morgan fingerprint density at radius 1 is 1.02 bits per heavy atom. The van der Waals surface area contributed by atoms with Crippen LogP contribution in [0.3, 0.4) is 0 Å². The van der Waals surface area contributed by atoms with E-state index in [1.807, 2.05) is 69.3 Å². The zero-order valence-electron chi connectivity index (χ0n) is 24.8. The Morgan fingerprint density at radius 3 is 2.34 bits per heavy atom. The Labute approximate surface area is 265 Å². The molecule has 3 heterocycles. The van der Waals surface area contributed by atoms with Crippen LogP contribution in [0.25, 0.3) is 0 Å². The molecular formula is C34H36BrN3O6. The molecule has 230 valence electrons. The Bertz CT molecular complexity index is 1550. The summed E-state index contributed by atoms with van der Waals surface area (Å²) in [5.74, 6) is -2.26. The van der Waals surface area contributed by atoms with Crippen molar-refractivity contribution in [3.8, 4) is 5.75 Å². The van der Waals surface area contributed by atoms with Crippen LogP contribution in [-0.2, 0) is 19.1 Å². The molecule has 0 saturated carbocycles. The number of carbonyl (C=O) groups is 3. The number of halogens is 1. The fourth-order valence-corrected chi connectivity index (χ4v) is 8.20. The van der Waals surface area contributed by atoms with E-state index in [9.17, 15) is 19.5 Å². The molecule has 9 nitrogen and oxygen atoms in total. The highest BCUT2D eigenvalue weighted by molar-refractivity contribution is 9.09. The molecule has 0 aliphatic carbocycles. The molecule has 3 aromatic rings. The summed E-state index contributed by atoms with van der Waals surface area (Å²) in [6.45, 7) is 5.84. The van der Waals surface area contributed by atoms with Crippen molar-refractivity contribution in [1.29, 1.82) is 0 Å². The number of aliphatic hydroxyl groups is 1. The SMILES string of the molecule is CCOc1ccc(NC(=O)[C@H]2[C@H]3C(=O)N([C@H](CO)c4ccccc4)C(C(=O)Nc4c(C)cccc4C)C34CC(Br)[C@@H]2O4)cc1. The minimum absolute atomic E-state index is 0.262. The molecule has 3 amide bonds. The molecule has 3 fully saturated rings. The van der Waals surface area contributed by atoms with Crippen LogP contribution in [0.2, 0.25) is 0 Å². The van der Waals surface area contributed by atoms with Crippen molar-refractivity contribution in [2.75, 3.05) is 23.8 Å². The summed E-state index contributed by atoms with van der Waals surface area (Å²) in [5, 5.41) is 16.7. The molecular weight excluding hydrogens is 626 g/mol. The third-order valence-corrected chi connectivity index (χ3v) is 9.98. The van der Waals surface area contributed by atoms with Crippen molar-refractivity contribution in [3.05, 3.63) is 89.5 Å². The molecule has 2 bridgehead atoms. The van der Waals surface area contributed by atoms with E-state index in [0.29, 0.717) is 35.7 Å². The van der Waals surface area contributed by atoms with Crippen molar-refractivity contribution in [2.45, 2.75) is 55.8 Å². The number of benzene rings is 3. The van der Waals surface area contributed by atoms with Crippen LogP contribution >= 0.6 is 15.9 Å². The Hall–Kier alpha value is -3.73. The number of nitrogens with zero attached hydrogens (tertiary/aromatic N) is 1. The minimum Gasteiger partial charge on any atom is -0.494 e. The van der Waals surface area contributed by atoms with Gasteiger partial charge in [-0.05, 0) is 68.1 Å². The molecule has 3 aliphatic heterocycles. The number of anilines is 2. The first-order chi connectivity index (χ1) is 21.2. The largest absolute Gasteiger partial charge is 0.494 e. The summed E-state index contributed by atoms with van der Waals surface area (Å²) in [6, 6.07) is 20.0. The van der Waals surface area contributed by atoms with Crippen molar-refractivity contribution in [3.63, 3.8) is 0 Å². The van der Waals surface area contributed by atoms with Gasteiger partial charge in [0, 0.05) is 16.2 Å². The number of carbonyl (C=O) groups excluding carboxylic acids is 3. The lowest BCUT2D eigenvalue weighted by molar-refractivity contribution is -0.143. The first kappa shape index (κ1) is 30.3. The maximum absolute atomic E-state index is 14.6. The van der Waals surface area contributed by atoms with Gasteiger partial charge >= 0.3 is 0 Å². The number of likely N-dealkylation sites (tertiary alicyclic amines) is 1. The van der Waals surface area contributed by atoms with Crippen LogP contribution in [0.4, 0.5) is 11.4 Å². The quantitative estimate of drug-likeness (QED) is 0.285. The maximum Gasteiger partial charge on any atom is 0.250 e. The first-order valence-corrected chi connectivity index (χ1v) is 15.8. The fourth-order valence-electron chi connectivity index (χ4n) is 7.26. The average molecular weight is 663 g/mol. The van der Waals surface area contributed by atoms with Crippen LogP contribution in [0.1, 0.15) is 36.1 Å². The lowest BCUT2D eigenvalue weighted by Crippen LogP contribution is -2.55. The molecule has 10 heteroatoms. The predicted octanol–water partition coefficient (Wildman–Crippen LogP) is 4.76. The van der Waals surface area contributed by atoms with Crippen molar-refractivity contribution >= 4 is 45.0 Å². The number of aryl methyl sites for hydroxylation is 2. The highest BCUT2D eigenvalue weighted by atomic mass is 79.9. The molecule has 44 heavy (non-hydrogen) atoms. The van der Waals surface area contributed by atoms with Gasteiger partial charge in [0.25, 0.3) is 0 Å². The monoisotopic (exact) mass is 661 g/mol. The van der Waals surface area contributed by atoms with Crippen LogP contribution in [0, 0.1) is 25.7 Å². The van der Waals surface area contributed by atoms with Crippen LogP contribution in [0.5, 0.6) is 5.75 Å². The Balaban J connectivity index is 1.40. The summed E-state index contributed by atoms with van der Waals surface area (Å²) in [5.41, 5.74) is 2.40. The number of rotatable bonds is 9. The number of alkyl halides is 1. The fraction of sp³-hybridized carbons (Fsp3) is 0.382. The van der Waals surface area contributed by atoms with Crippen molar-refractivity contribution in [2.24, 2.45) is 11.8 Å². The van der Waals surface area contributed by atoms with Gasteiger partial charge in [-0.3, -0.25) is 14.4 Å². The maximum atomic E-state index is 14.6. The Kier molecular flexibility index (Phi) is 8.26. The summed E-state index contributed by atoms with van der Waals surface area (Å²) < 4.78 is 12.2. The van der Waals surface area contributed by atoms with E-state index in [1.54, 1.807) is 24.3 Å². The second kappa shape index (κ2) is 12.0. The van der Waals surface area contributed by atoms with E-state index >= 15 is 0 Å². The zero-order chi connectivity index (χ0) is 31.2. The van der Waals surface area contributed by atoms with Crippen LogP contribution < -0.4 is 15.4 Å². The van der Waals surface area contributed by atoms with E-state index in [2.05, 4.69) is 26.6 Å². The third-order valence-electron chi connectivity index (χ3n) is 9.13. The lowest BCUT2D eigenvalue weighted by atomic mass is 9.70. The first-order valence-electron chi connectivity index (χ1n) is 14.9. The van der Waals surface area contributed by atoms with Crippen molar-refractivity contribution in [1.82, 2.24) is 4.90 Å². The van der Waals surface area contributed by atoms with Gasteiger partial charge in [-0.2, -0.15) is 0 Å². The number of hydrogen-bond donors (Lipinski definition) is 3. The molecule has 6 rings (SSSR count). The highest BCUT2D eigenvalue weighted by Crippen LogP contribution is 2.61. The molecule has 0 radical (unpaired) electrons. The van der Waals surface area contributed by atoms with Gasteiger partial charge in [0.05, 0.1) is 37.2 Å². The van der Waals surface area contributed by atoms with Crippen molar-refractivity contribution < 1.29 is 29.0 Å². The molecule has 3 N–H and O–H groups in total. The zero-order valence-corrected chi connectivity index (χ0v) is 26.4. The topological polar surface area (TPSA) is 117 Å². The normalized spacial score (nSPS) is 27.6. The van der Waals surface area contributed by atoms with E-state index in [1.165, 1.54) is 4.90 Å². The number of nitrogens with one attached hydrogen (secondary N) is 2. The summed E-state index contributed by atoms with van der Waals surface area (Å²) in [4.78, 5) is 44.1. The predicted molar refractivity (Wildman–Crippen MR) is 170 cm³/mol. The van der Waals surface area contributed by atoms with Gasteiger partial charge in [0.2, 0.25) is 17.7 Å². The van der Waals surface area contributed by atoms with Gasteiger partial charge < -0.3 is 30.1 Å². The lowest BCUT2D eigenvalue weighted by Gasteiger charge is -2.37. The number of ether oxygens (including phenoxy) is 2. The van der Waals surface area contributed by atoms with E-state index in [-0.39, 0.29) is 16.6 Å².